The number of anilines is 2. The van der Waals surface area contributed by atoms with Crippen molar-refractivity contribution in [3.63, 3.8) is 0 Å². The third kappa shape index (κ3) is 5.77. The van der Waals surface area contributed by atoms with Gasteiger partial charge in [-0.05, 0) is 25.1 Å². The van der Waals surface area contributed by atoms with Gasteiger partial charge in [-0.3, -0.25) is 10.1 Å². The molecule has 0 aliphatic carbocycles. The standard InChI is InChI=1S/C24H22N6O5/c1-2-34-23(31)19-15-28-24(26-12-11-25-21-10-9-18(14-27-21)30(32)33)29-22(19)17-7-5-16(6-8-17)20-4-3-13-35-20/h3-10,13-15H,2,11-12H2,1H3,(H,25,27)(H,26,28,29). The van der Waals surface area contributed by atoms with Gasteiger partial charge in [0.05, 0.1) is 23.5 Å². The van der Waals surface area contributed by atoms with Crippen molar-refractivity contribution in [1.82, 2.24) is 15.0 Å². The molecule has 0 saturated carbocycles. The smallest absolute Gasteiger partial charge is 0.341 e. The van der Waals surface area contributed by atoms with Crippen LogP contribution in [0.2, 0.25) is 0 Å². The van der Waals surface area contributed by atoms with Crippen LogP contribution in [0.4, 0.5) is 17.5 Å². The summed E-state index contributed by atoms with van der Waals surface area (Å²) in [6, 6.07) is 14.1. The van der Waals surface area contributed by atoms with E-state index in [1.54, 1.807) is 13.2 Å². The van der Waals surface area contributed by atoms with E-state index in [4.69, 9.17) is 9.15 Å². The first-order chi connectivity index (χ1) is 17.0. The lowest BCUT2D eigenvalue weighted by Gasteiger charge is -2.12. The van der Waals surface area contributed by atoms with Crippen LogP contribution in [-0.4, -0.2) is 45.5 Å². The van der Waals surface area contributed by atoms with Crippen LogP contribution in [0, 0.1) is 10.1 Å². The Morgan fingerprint density at radius 2 is 1.80 bits per heavy atom. The highest BCUT2D eigenvalue weighted by molar-refractivity contribution is 5.96. The van der Waals surface area contributed by atoms with Gasteiger partial charge >= 0.3 is 5.97 Å². The lowest BCUT2D eigenvalue weighted by Crippen LogP contribution is -2.17. The van der Waals surface area contributed by atoms with Crippen molar-refractivity contribution in [3.8, 4) is 22.6 Å². The van der Waals surface area contributed by atoms with E-state index in [-0.39, 0.29) is 17.9 Å². The number of esters is 1. The number of nitro groups is 1. The minimum atomic E-state index is -0.505. The van der Waals surface area contributed by atoms with Crippen LogP contribution in [-0.2, 0) is 4.74 Å². The highest BCUT2D eigenvalue weighted by Crippen LogP contribution is 2.27. The van der Waals surface area contributed by atoms with E-state index in [1.165, 1.54) is 24.5 Å². The first-order valence-corrected chi connectivity index (χ1v) is 10.8. The van der Waals surface area contributed by atoms with Gasteiger partial charge in [0.25, 0.3) is 5.69 Å². The number of benzene rings is 1. The Kier molecular flexibility index (Phi) is 7.26. The van der Waals surface area contributed by atoms with Crippen LogP contribution in [0.1, 0.15) is 17.3 Å². The molecule has 0 unspecified atom stereocenters. The molecule has 1 aromatic carbocycles. The number of hydrogen-bond donors (Lipinski definition) is 2. The summed E-state index contributed by atoms with van der Waals surface area (Å²) in [5.41, 5.74) is 2.25. The number of nitrogens with zero attached hydrogens (tertiary/aromatic N) is 4. The zero-order chi connectivity index (χ0) is 24.6. The topological polar surface area (TPSA) is 145 Å². The van der Waals surface area contributed by atoms with E-state index in [0.29, 0.717) is 30.5 Å². The fraction of sp³-hybridized carbons (Fsp3) is 0.167. The van der Waals surface area contributed by atoms with Gasteiger partial charge in [0.15, 0.2) is 0 Å². The maximum atomic E-state index is 12.5. The average Bonchev–Trinajstić information content (AvgIpc) is 3.42. The van der Waals surface area contributed by atoms with Crippen molar-refractivity contribution in [2.75, 3.05) is 30.3 Å². The molecule has 2 N–H and O–H groups in total. The van der Waals surface area contributed by atoms with Crippen LogP contribution in [0.25, 0.3) is 22.6 Å². The van der Waals surface area contributed by atoms with Crippen molar-refractivity contribution >= 4 is 23.4 Å². The fourth-order valence-electron chi connectivity index (χ4n) is 3.24. The maximum absolute atomic E-state index is 12.5. The zero-order valence-electron chi connectivity index (χ0n) is 18.8. The highest BCUT2D eigenvalue weighted by atomic mass is 16.6. The van der Waals surface area contributed by atoms with E-state index in [0.717, 1.165) is 16.9 Å². The summed E-state index contributed by atoms with van der Waals surface area (Å²) in [5, 5.41) is 16.9. The predicted molar refractivity (Wildman–Crippen MR) is 129 cm³/mol. The van der Waals surface area contributed by atoms with Crippen LogP contribution < -0.4 is 10.6 Å². The van der Waals surface area contributed by atoms with E-state index >= 15 is 0 Å². The molecule has 0 aliphatic rings. The molecule has 0 radical (unpaired) electrons. The summed E-state index contributed by atoms with van der Waals surface area (Å²) < 4.78 is 10.6. The second-order valence-corrected chi connectivity index (χ2v) is 7.24. The first-order valence-electron chi connectivity index (χ1n) is 10.8. The maximum Gasteiger partial charge on any atom is 0.341 e. The van der Waals surface area contributed by atoms with Crippen molar-refractivity contribution in [2.45, 2.75) is 6.92 Å². The molecule has 4 rings (SSSR count). The number of nitrogens with one attached hydrogen (secondary N) is 2. The molecule has 0 bridgehead atoms. The normalized spacial score (nSPS) is 10.5. The van der Waals surface area contributed by atoms with Gasteiger partial charge in [0, 0.05) is 36.5 Å². The molecule has 11 heteroatoms. The van der Waals surface area contributed by atoms with E-state index in [2.05, 4.69) is 25.6 Å². The van der Waals surface area contributed by atoms with Gasteiger partial charge in [-0.2, -0.15) is 0 Å². The second-order valence-electron chi connectivity index (χ2n) is 7.24. The van der Waals surface area contributed by atoms with Crippen LogP contribution in [0.15, 0.2) is 71.6 Å². The van der Waals surface area contributed by atoms with Gasteiger partial charge in [-0.15, -0.1) is 0 Å². The molecule has 35 heavy (non-hydrogen) atoms. The lowest BCUT2D eigenvalue weighted by molar-refractivity contribution is -0.385. The molecule has 4 aromatic rings. The SMILES string of the molecule is CCOC(=O)c1cnc(NCCNc2ccc([N+](=O)[O-])cn2)nc1-c1ccc(-c2ccco2)cc1. The van der Waals surface area contributed by atoms with Gasteiger partial charge in [-0.1, -0.05) is 24.3 Å². The highest BCUT2D eigenvalue weighted by Gasteiger charge is 2.18. The molecule has 3 heterocycles. The molecule has 11 nitrogen and oxygen atoms in total. The number of ether oxygens (including phenoxy) is 1. The Hall–Kier alpha value is -4.80. The molecule has 0 saturated heterocycles. The van der Waals surface area contributed by atoms with E-state index in [1.807, 2.05) is 36.4 Å². The number of rotatable bonds is 10. The van der Waals surface area contributed by atoms with E-state index in [9.17, 15) is 14.9 Å². The van der Waals surface area contributed by atoms with Gasteiger partial charge in [0.1, 0.15) is 23.3 Å². The van der Waals surface area contributed by atoms with Crippen molar-refractivity contribution in [1.29, 1.82) is 0 Å². The summed E-state index contributed by atoms with van der Waals surface area (Å²) in [5.74, 6) is 1.08. The van der Waals surface area contributed by atoms with Gasteiger partial charge < -0.3 is 19.8 Å². The number of pyridine rings is 1. The third-order valence-corrected chi connectivity index (χ3v) is 4.92. The Bertz CT molecular complexity index is 1290. The van der Waals surface area contributed by atoms with Crippen LogP contribution >= 0.6 is 0 Å². The Morgan fingerprint density at radius 1 is 1.03 bits per heavy atom. The number of furan rings is 1. The van der Waals surface area contributed by atoms with Crippen LogP contribution in [0.5, 0.6) is 0 Å². The van der Waals surface area contributed by atoms with Crippen molar-refractivity contribution < 1.29 is 18.9 Å². The minimum absolute atomic E-state index is 0.0755. The number of aromatic nitrogens is 3. The monoisotopic (exact) mass is 474 g/mol. The Labute approximate surface area is 200 Å². The quantitative estimate of drug-likeness (QED) is 0.147. The van der Waals surface area contributed by atoms with Crippen molar-refractivity contribution in [3.05, 3.63) is 82.9 Å². The number of carbonyl (C=O) groups is 1. The van der Waals surface area contributed by atoms with Crippen molar-refractivity contribution in [2.24, 2.45) is 0 Å². The summed E-state index contributed by atoms with van der Waals surface area (Å²) >= 11 is 0. The fourth-order valence-corrected chi connectivity index (χ4v) is 3.24. The third-order valence-electron chi connectivity index (χ3n) is 4.92. The molecule has 178 valence electrons. The predicted octanol–water partition coefficient (Wildman–Crippen LogP) is 4.41. The molecule has 0 atom stereocenters. The Balaban J connectivity index is 1.47. The molecule has 3 aromatic heterocycles. The molecular weight excluding hydrogens is 452 g/mol. The first kappa shape index (κ1) is 23.4. The Morgan fingerprint density at radius 3 is 2.46 bits per heavy atom. The lowest BCUT2D eigenvalue weighted by atomic mass is 10.0. The average molecular weight is 474 g/mol. The molecule has 0 aliphatic heterocycles. The molecule has 0 amide bonds. The molecular formula is C24H22N6O5. The summed E-state index contributed by atoms with van der Waals surface area (Å²) in [6.07, 6.45) is 4.24. The van der Waals surface area contributed by atoms with Crippen LogP contribution in [0.3, 0.4) is 0 Å². The molecule has 0 spiro atoms. The summed E-state index contributed by atoms with van der Waals surface area (Å²) in [4.78, 5) is 35.5. The van der Waals surface area contributed by atoms with E-state index < -0.39 is 10.9 Å². The molecule has 0 fully saturated rings. The summed E-state index contributed by atoms with van der Waals surface area (Å²) in [6.45, 7) is 2.87. The zero-order valence-corrected chi connectivity index (χ0v) is 18.8. The number of hydrogen-bond acceptors (Lipinski definition) is 10. The van der Waals surface area contributed by atoms with Gasteiger partial charge in [0.2, 0.25) is 5.95 Å². The largest absolute Gasteiger partial charge is 0.464 e. The second kappa shape index (κ2) is 10.9. The van der Waals surface area contributed by atoms with Gasteiger partial charge in [-0.25, -0.2) is 19.7 Å². The number of carbonyl (C=O) groups excluding carboxylic acids is 1. The summed E-state index contributed by atoms with van der Waals surface area (Å²) in [7, 11) is 0. The minimum Gasteiger partial charge on any atom is -0.464 e.